The molecule has 2 aromatic heterocycles. The number of benzene rings is 2. The van der Waals surface area contributed by atoms with Crippen LogP contribution in [0.2, 0.25) is 0 Å². The number of likely N-dealkylation sites (tertiary alicyclic amines) is 1. The van der Waals surface area contributed by atoms with E-state index in [0.29, 0.717) is 23.8 Å². The minimum atomic E-state index is -0.959. The minimum Gasteiger partial charge on any atom is -0.478 e. The topological polar surface area (TPSA) is 126 Å². The first-order chi connectivity index (χ1) is 20.4. The minimum absolute atomic E-state index is 0.00477. The number of carboxylic acid groups (broad SMARTS) is 1. The number of carbonyl (C=O) groups is 1. The molecule has 2 fully saturated rings. The van der Waals surface area contributed by atoms with Crippen molar-refractivity contribution in [3.8, 4) is 11.9 Å². The van der Waals surface area contributed by atoms with Gasteiger partial charge in [-0.1, -0.05) is 6.07 Å². The zero-order valence-corrected chi connectivity index (χ0v) is 23.2. The summed E-state index contributed by atoms with van der Waals surface area (Å²) in [5, 5.41) is 18.5. The Morgan fingerprint density at radius 2 is 2.00 bits per heavy atom. The van der Waals surface area contributed by atoms with Crippen molar-refractivity contribution < 1.29 is 23.8 Å². The second-order valence-electron chi connectivity index (χ2n) is 10.8. The van der Waals surface area contributed by atoms with Gasteiger partial charge in [-0.25, -0.2) is 19.2 Å². The number of hydrogen-bond donors (Lipinski definition) is 1. The average molecular weight is 571 g/mol. The van der Waals surface area contributed by atoms with Crippen molar-refractivity contribution in [1.29, 1.82) is 5.26 Å². The molecule has 4 aromatic rings. The number of hydrogen-bond acceptors (Lipinski definition) is 8. The third-order valence-electron chi connectivity index (χ3n) is 8.23. The maximum atomic E-state index is 14.2. The van der Waals surface area contributed by atoms with Gasteiger partial charge in [0.1, 0.15) is 24.1 Å². The smallest absolute Gasteiger partial charge is 0.335 e. The molecule has 2 aliphatic rings. The molecule has 42 heavy (non-hydrogen) atoms. The second-order valence-corrected chi connectivity index (χ2v) is 10.8. The Kier molecular flexibility index (Phi) is 7.82. The van der Waals surface area contributed by atoms with Gasteiger partial charge in [0.05, 0.1) is 46.9 Å². The summed E-state index contributed by atoms with van der Waals surface area (Å²) in [7, 11) is 0. The van der Waals surface area contributed by atoms with E-state index >= 15 is 0 Å². The first-order valence-corrected chi connectivity index (χ1v) is 14.1. The maximum absolute atomic E-state index is 14.2. The zero-order valence-electron chi connectivity index (χ0n) is 23.2. The number of rotatable bonds is 9. The van der Waals surface area contributed by atoms with Crippen LogP contribution >= 0.6 is 0 Å². The fourth-order valence-corrected chi connectivity index (χ4v) is 5.64. The summed E-state index contributed by atoms with van der Waals surface area (Å²) in [5.74, 6) is 0.704. The molecule has 11 heteroatoms. The van der Waals surface area contributed by atoms with Crippen LogP contribution in [0.1, 0.15) is 71.3 Å². The standard InChI is InChI=1S/C31H31FN6O4/c1-19(30-35-26-5-4-22(31(39)40)15-27(26)38(30)17-24-9-13-41-24)37-11-7-21(8-12-37)29-34-10-6-28(36-29)42-18-23-3-2-20(16-33)14-25(23)32/h2-6,10,14-15,19,21,24H,7-9,11-13,17-18H2,1H3,(H,39,40)/t19-,24?/m0/s1. The molecule has 0 bridgehead atoms. The molecule has 2 saturated heterocycles. The van der Waals surface area contributed by atoms with Gasteiger partial charge in [0.25, 0.3) is 0 Å². The maximum Gasteiger partial charge on any atom is 0.335 e. The molecule has 4 heterocycles. The first kappa shape index (κ1) is 27.8. The normalized spacial score (nSPS) is 18.4. The molecule has 0 radical (unpaired) electrons. The summed E-state index contributed by atoms with van der Waals surface area (Å²) in [6.45, 7) is 5.18. The van der Waals surface area contributed by atoms with Crippen LogP contribution in [-0.4, -0.2) is 61.3 Å². The highest BCUT2D eigenvalue weighted by Crippen LogP contribution is 2.33. The Morgan fingerprint density at radius 1 is 1.19 bits per heavy atom. The van der Waals surface area contributed by atoms with Crippen LogP contribution in [0.15, 0.2) is 48.7 Å². The number of nitriles is 1. The van der Waals surface area contributed by atoms with Crippen LogP contribution in [0.4, 0.5) is 4.39 Å². The molecule has 1 unspecified atom stereocenters. The number of imidazole rings is 1. The Morgan fingerprint density at radius 3 is 2.69 bits per heavy atom. The summed E-state index contributed by atoms with van der Waals surface area (Å²) in [4.78, 5) is 28.1. The molecule has 0 spiro atoms. The van der Waals surface area contributed by atoms with Crippen LogP contribution in [0.25, 0.3) is 11.0 Å². The first-order valence-electron chi connectivity index (χ1n) is 14.1. The highest BCUT2D eigenvalue weighted by molar-refractivity contribution is 5.92. The number of piperidine rings is 1. The molecular formula is C31H31FN6O4. The largest absolute Gasteiger partial charge is 0.478 e. The molecule has 0 amide bonds. The van der Waals surface area contributed by atoms with Crippen molar-refractivity contribution in [3.63, 3.8) is 0 Å². The molecule has 216 valence electrons. The van der Waals surface area contributed by atoms with E-state index in [2.05, 4.69) is 26.4 Å². The number of ether oxygens (including phenoxy) is 2. The lowest BCUT2D eigenvalue weighted by atomic mass is 9.95. The Hall–Kier alpha value is -4.40. The summed E-state index contributed by atoms with van der Waals surface area (Å²) >= 11 is 0. The van der Waals surface area contributed by atoms with Crippen molar-refractivity contribution in [2.45, 2.75) is 57.4 Å². The van der Waals surface area contributed by atoms with Gasteiger partial charge in [-0.15, -0.1) is 0 Å². The second kappa shape index (κ2) is 11.8. The molecule has 10 nitrogen and oxygen atoms in total. The lowest BCUT2D eigenvalue weighted by Crippen LogP contribution is -2.37. The molecule has 2 aliphatic heterocycles. The van der Waals surface area contributed by atoms with E-state index in [1.54, 1.807) is 42.6 Å². The molecule has 0 saturated carbocycles. The van der Waals surface area contributed by atoms with Crippen molar-refractivity contribution in [3.05, 3.63) is 82.8 Å². The summed E-state index contributed by atoms with van der Waals surface area (Å²) in [6.07, 6.45) is 4.45. The van der Waals surface area contributed by atoms with E-state index in [4.69, 9.17) is 19.7 Å². The van der Waals surface area contributed by atoms with Crippen LogP contribution in [-0.2, 0) is 17.9 Å². The van der Waals surface area contributed by atoms with Crippen molar-refractivity contribution in [2.75, 3.05) is 19.7 Å². The Bertz CT molecular complexity index is 1660. The Balaban J connectivity index is 1.13. The fraction of sp³-hybridized carbons (Fsp3) is 0.387. The van der Waals surface area contributed by atoms with E-state index in [9.17, 15) is 14.3 Å². The third-order valence-corrected chi connectivity index (χ3v) is 8.23. The average Bonchev–Trinajstić information content (AvgIpc) is 3.35. The highest BCUT2D eigenvalue weighted by Gasteiger charge is 2.30. The van der Waals surface area contributed by atoms with E-state index < -0.39 is 11.8 Å². The van der Waals surface area contributed by atoms with Gasteiger partial charge in [-0.2, -0.15) is 10.2 Å². The van der Waals surface area contributed by atoms with Gasteiger partial charge >= 0.3 is 5.97 Å². The molecule has 6 rings (SSSR count). The lowest BCUT2D eigenvalue weighted by molar-refractivity contribution is -0.0594. The van der Waals surface area contributed by atoms with E-state index in [-0.39, 0.29) is 35.8 Å². The van der Waals surface area contributed by atoms with E-state index in [0.717, 1.165) is 55.8 Å². The molecule has 1 N–H and O–H groups in total. The van der Waals surface area contributed by atoms with Gasteiger partial charge < -0.3 is 19.1 Å². The number of aromatic nitrogens is 4. The van der Waals surface area contributed by atoms with Crippen LogP contribution < -0.4 is 4.74 Å². The van der Waals surface area contributed by atoms with Gasteiger partial charge in [0.2, 0.25) is 5.88 Å². The monoisotopic (exact) mass is 570 g/mol. The zero-order chi connectivity index (χ0) is 29.2. The van der Waals surface area contributed by atoms with Gasteiger partial charge in [-0.3, -0.25) is 4.90 Å². The van der Waals surface area contributed by atoms with Crippen molar-refractivity contribution >= 4 is 17.0 Å². The summed E-state index contributed by atoms with van der Waals surface area (Å²) in [6, 6.07) is 13.0. The lowest BCUT2D eigenvalue weighted by Gasteiger charge is -2.36. The molecule has 0 aliphatic carbocycles. The van der Waals surface area contributed by atoms with Crippen LogP contribution in [0.5, 0.6) is 5.88 Å². The van der Waals surface area contributed by atoms with Gasteiger partial charge in [0, 0.05) is 30.4 Å². The number of aromatic carboxylic acids is 1. The van der Waals surface area contributed by atoms with Crippen molar-refractivity contribution in [1.82, 2.24) is 24.4 Å². The molecule has 2 atom stereocenters. The van der Waals surface area contributed by atoms with E-state index in [1.165, 1.54) is 6.07 Å². The third kappa shape index (κ3) is 5.68. The molecular weight excluding hydrogens is 539 g/mol. The predicted octanol–water partition coefficient (Wildman–Crippen LogP) is 4.84. The van der Waals surface area contributed by atoms with Crippen LogP contribution in [0, 0.1) is 17.1 Å². The fourth-order valence-electron chi connectivity index (χ4n) is 5.64. The number of halogens is 1. The SMILES string of the molecule is C[C@@H](c1nc2ccc(C(=O)O)cc2n1CC1CCO1)N1CCC(c2nccc(OCc3ccc(C#N)cc3F)n2)CC1. The van der Waals surface area contributed by atoms with Gasteiger partial charge in [-0.05, 0) is 69.6 Å². The summed E-state index contributed by atoms with van der Waals surface area (Å²) in [5.41, 5.74) is 2.45. The molecule has 2 aromatic carbocycles. The number of nitrogens with zero attached hydrogens (tertiary/aromatic N) is 6. The van der Waals surface area contributed by atoms with Gasteiger partial charge in [0.15, 0.2) is 0 Å². The van der Waals surface area contributed by atoms with Crippen LogP contribution in [0.3, 0.4) is 0 Å². The quantitative estimate of drug-likeness (QED) is 0.301. The Labute approximate surface area is 242 Å². The van der Waals surface area contributed by atoms with Crippen molar-refractivity contribution in [2.24, 2.45) is 0 Å². The number of fused-ring (bicyclic) bond motifs is 1. The number of carboxylic acids is 1. The predicted molar refractivity (Wildman–Crippen MR) is 150 cm³/mol. The highest BCUT2D eigenvalue weighted by atomic mass is 19.1. The summed E-state index contributed by atoms with van der Waals surface area (Å²) < 4.78 is 27.8. The van der Waals surface area contributed by atoms with E-state index in [1.807, 2.05) is 6.07 Å².